The smallest absolute Gasteiger partial charge is 0.292 e. The van der Waals surface area contributed by atoms with Crippen LogP contribution in [0.2, 0.25) is 0 Å². The predicted molar refractivity (Wildman–Crippen MR) is 147 cm³/mol. The molecule has 2 amide bonds. The Morgan fingerprint density at radius 3 is 2.64 bits per heavy atom. The molecule has 3 N–H and O–H groups in total. The van der Waals surface area contributed by atoms with E-state index in [-0.39, 0.29) is 24.2 Å². The van der Waals surface area contributed by atoms with Crippen LogP contribution in [0, 0.1) is 6.92 Å². The number of amides is 2. The van der Waals surface area contributed by atoms with Crippen LogP contribution in [0.4, 0.5) is 0 Å². The number of benzene rings is 3. The summed E-state index contributed by atoms with van der Waals surface area (Å²) in [7, 11) is 3.06. The van der Waals surface area contributed by atoms with Crippen LogP contribution in [-0.4, -0.2) is 49.9 Å². The van der Waals surface area contributed by atoms with Crippen LogP contribution in [0.25, 0.3) is 6.08 Å². The summed E-state index contributed by atoms with van der Waals surface area (Å²) in [6, 6.07) is 17.4. The number of amidine groups is 1. The zero-order chi connectivity index (χ0) is 27.8. The quantitative estimate of drug-likeness (QED) is 0.287. The fraction of sp³-hybridized carbons (Fsp3) is 0.172. The third-order valence-electron chi connectivity index (χ3n) is 5.81. The van der Waals surface area contributed by atoms with Gasteiger partial charge in [0.05, 0.1) is 27.0 Å². The van der Waals surface area contributed by atoms with E-state index < -0.39 is 12.0 Å². The minimum atomic E-state index is -0.729. The first-order valence-electron chi connectivity index (χ1n) is 12.0. The van der Waals surface area contributed by atoms with E-state index in [2.05, 4.69) is 20.8 Å². The first-order chi connectivity index (χ1) is 18.9. The Morgan fingerprint density at radius 1 is 1.13 bits per heavy atom. The van der Waals surface area contributed by atoms with Crippen molar-refractivity contribution in [2.24, 2.45) is 10.1 Å². The third kappa shape index (κ3) is 6.61. The molecule has 0 bridgehead atoms. The highest BCUT2D eigenvalue weighted by Gasteiger charge is 2.31. The van der Waals surface area contributed by atoms with Crippen molar-refractivity contribution in [3.8, 4) is 17.2 Å². The van der Waals surface area contributed by atoms with Gasteiger partial charge >= 0.3 is 0 Å². The average Bonchev–Trinajstić information content (AvgIpc) is 3.32. The molecule has 0 aromatic heterocycles. The number of nitrogens with one attached hydrogen (secondary N) is 2. The number of aliphatic imine (C=N–C) groups is 1. The molecule has 3 aromatic rings. The molecule has 1 aliphatic heterocycles. The van der Waals surface area contributed by atoms with E-state index in [9.17, 15) is 14.7 Å². The number of nitrogens with zero attached hydrogens (tertiary/aromatic N) is 2. The summed E-state index contributed by atoms with van der Waals surface area (Å²) in [5, 5.41) is 16.3. The Bertz CT molecular complexity index is 1450. The van der Waals surface area contributed by atoms with Gasteiger partial charge in [-0.25, -0.2) is 10.4 Å². The number of phenolic OH excluding ortho intramolecular Hbond substituents is 1. The van der Waals surface area contributed by atoms with Crippen molar-refractivity contribution in [1.82, 2.24) is 10.7 Å². The van der Waals surface area contributed by atoms with Crippen LogP contribution < -0.4 is 20.2 Å². The summed E-state index contributed by atoms with van der Waals surface area (Å²) in [6.07, 6.45) is 4.33. The summed E-state index contributed by atoms with van der Waals surface area (Å²) in [5.41, 5.74) is 5.53. The maximum absolute atomic E-state index is 12.4. The van der Waals surface area contributed by atoms with Crippen molar-refractivity contribution in [2.45, 2.75) is 13.0 Å². The van der Waals surface area contributed by atoms with E-state index >= 15 is 0 Å². The monoisotopic (exact) mass is 528 g/mol. The molecule has 1 unspecified atom stereocenters. The van der Waals surface area contributed by atoms with Crippen LogP contribution in [0.15, 0.2) is 76.8 Å². The molecule has 10 heteroatoms. The molecular formula is C29H28N4O6. The van der Waals surface area contributed by atoms with Crippen molar-refractivity contribution in [1.29, 1.82) is 0 Å². The van der Waals surface area contributed by atoms with Gasteiger partial charge in [0.1, 0.15) is 5.75 Å². The van der Waals surface area contributed by atoms with Crippen molar-refractivity contribution in [2.75, 3.05) is 20.8 Å². The lowest BCUT2D eigenvalue weighted by Crippen LogP contribution is -2.22. The zero-order valence-electron chi connectivity index (χ0n) is 21.7. The number of rotatable bonds is 9. The number of methoxy groups -OCH3 is 2. The Balaban J connectivity index is 1.44. The topological polar surface area (TPSA) is 131 Å². The molecule has 0 aliphatic carbocycles. The van der Waals surface area contributed by atoms with Gasteiger partial charge in [0, 0.05) is 16.7 Å². The molecule has 4 rings (SSSR count). The lowest BCUT2D eigenvalue weighted by molar-refractivity contribution is -0.123. The molecule has 0 spiro atoms. The summed E-state index contributed by atoms with van der Waals surface area (Å²) in [6.45, 7) is 1.95. The van der Waals surface area contributed by atoms with Gasteiger partial charge in [-0.05, 0) is 48.4 Å². The number of hydrogen-bond donors (Lipinski definition) is 3. The lowest BCUT2D eigenvalue weighted by Gasteiger charge is -2.12. The average molecular weight is 529 g/mol. The predicted octanol–water partition coefficient (Wildman–Crippen LogP) is 3.74. The van der Waals surface area contributed by atoms with Crippen LogP contribution >= 0.6 is 0 Å². The van der Waals surface area contributed by atoms with Crippen LogP contribution in [0.5, 0.6) is 17.2 Å². The van der Waals surface area contributed by atoms with Crippen LogP contribution in [-0.2, 0) is 9.53 Å². The minimum absolute atomic E-state index is 0.115. The molecule has 10 nitrogen and oxygen atoms in total. The molecule has 3 aromatic carbocycles. The number of ether oxygens (including phenoxy) is 3. The maximum atomic E-state index is 12.4. The fourth-order valence-electron chi connectivity index (χ4n) is 3.85. The second kappa shape index (κ2) is 12.4. The Labute approximate surface area is 225 Å². The van der Waals surface area contributed by atoms with Gasteiger partial charge in [-0.2, -0.15) is 5.10 Å². The van der Waals surface area contributed by atoms with Crippen LogP contribution in [0.3, 0.4) is 0 Å². The summed E-state index contributed by atoms with van der Waals surface area (Å²) in [5.74, 6) is 0.422. The Kier molecular flexibility index (Phi) is 8.57. The van der Waals surface area contributed by atoms with Gasteiger partial charge in [0.15, 0.2) is 11.5 Å². The second-order valence-electron chi connectivity index (χ2n) is 8.49. The molecule has 39 heavy (non-hydrogen) atoms. The Hall–Kier alpha value is -5.12. The van der Waals surface area contributed by atoms with Gasteiger partial charge < -0.3 is 19.3 Å². The molecule has 1 saturated heterocycles. The van der Waals surface area contributed by atoms with Crippen molar-refractivity contribution < 1.29 is 28.9 Å². The van der Waals surface area contributed by atoms with E-state index in [0.717, 1.165) is 5.56 Å². The third-order valence-corrected chi connectivity index (χ3v) is 5.81. The first kappa shape index (κ1) is 26.9. The first-order valence-corrected chi connectivity index (χ1v) is 12.0. The van der Waals surface area contributed by atoms with Crippen molar-refractivity contribution >= 4 is 30.1 Å². The second-order valence-corrected chi connectivity index (χ2v) is 8.49. The van der Waals surface area contributed by atoms with Gasteiger partial charge in [-0.15, -0.1) is 0 Å². The van der Waals surface area contributed by atoms with Gasteiger partial charge in [-0.3, -0.25) is 14.9 Å². The number of hydrogen-bond acceptors (Lipinski definition) is 8. The zero-order valence-corrected chi connectivity index (χ0v) is 21.7. The number of phenols is 1. The normalized spacial score (nSPS) is 15.9. The summed E-state index contributed by atoms with van der Waals surface area (Å²) in [4.78, 5) is 28.9. The van der Waals surface area contributed by atoms with E-state index in [0.29, 0.717) is 33.8 Å². The molecule has 1 heterocycles. The molecule has 1 aliphatic rings. The largest absolute Gasteiger partial charge is 0.508 e. The highest BCUT2D eigenvalue weighted by atomic mass is 16.5. The molecule has 1 atom stereocenters. The Morgan fingerprint density at radius 2 is 1.92 bits per heavy atom. The molecular weight excluding hydrogens is 500 g/mol. The summed E-state index contributed by atoms with van der Waals surface area (Å²) >= 11 is 0. The van der Waals surface area contributed by atoms with Crippen molar-refractivity contribution in [3.63, 3.8) is 0 Å². The minimum Gasteiger partial charge on any atom is -0.508 e. The van der Waals surface area contributed by atoms with Gasteiger partial charge in [0.2, 0.25) is 6.10 Å². The molecule has 200 valence electrons. The van der Waals surface area contributed by atoms with E-state index in [1.165, 1.54) is 32.6 Å². The number of aromatic hydroxyl groups is 1. The SMILES string of the molecule is COc1cc(/C=N/NC(=O)c2ccc(O)c(C)c2)cc(/C=C/CN=C2NC(=O)C(c3ccccc3)O2)c1OC. The molecule has 0 radical (unpaired) electrons. The highest BCUT2D eigenvalue weighted by Crippen LogP contribution is 2.33. The number of aryl methyl sites for hydroxylation is 1. The van der Waals surface area contributed by atoms with Crippen molar-refractivity contribution in [3.05, 3.63) is 94.6 Å². The number of carbonyl (C=O) groups is 2. The van der Waals surface area contributed by atoms with Gasteiger partial charge in [-0.1, -0.05) is 42.5 Å². The van der Waals surface area contributed by atoms with Crippen LogP contribution in [0.1, 0.15) is 38.7 Å². The fourth-order valence-corrected chi connectivity index (χ4v) is 3.85. The molecule has 0 saturated carbocycles. The highest BCUT2D eigenvalue weighted by molar-refractivity contribution is 6.02. The maximum Gasteiger partial charge on any atom is 0.292 e. The number of hydrazone groups is 1. The van der Waals surface area contributed by atoms with E-state index in [4.69, 9.17) is 14.2 Å². The van der Waals surface area contributed by atoms with E-state index in [1.807, 2.05) is 36.4 Å². The number of carbonyl (C=O) groups excluding carboxylic acids is 2. The lowest BCUT2D eigenvalue weighted by atomic mass is 10.1. The van der Waals surface area contributed by atoms with Gasteiger partial charge in [0.25, 0.3) is 17.8 Å². The van der Waals surface area contributed by atoms with E-state index in [1.54, 1.807) is 31.2 Å². The molecule has 1 fully saturated rings. The standard InChI is InChI=1S/C29H28N4O6/c1-18-14-22(11-12-23(18)34)27(35)33-31-17-19-15-21(25(38-3)24(16-19)37-2)10-7-13-30-29-32-28(36)26(39-29)20-8-5-4-6-9-20/h4-12,14-17,26,34H,13H2,1-3H3,(H,33,35)(H,30,32,36)/b10-7+,31-17+. The summed E-state index contributed by atoms with van der Waals surface area (Å²) < 4.78 is 16.7.